The number of benzene rings is 2. The quantitative estimate of drug-likeness (QED) is 0.423. The highest BCUT2D eigenvalue weighted by Crippen LogP contribution is 2.35. The molecule has 1 atom stereocenters. The zero-order chi connectivity index (χ0) is 23.8. The Hall–Kier alpha value is -3.58. The van der Waals surface area contributed by atoms with Crippen molar-refractivity contribution < 1.29 is 18.7 Å². The molecule has 4 aromatic rings. The molecule has 5 rings (SSSR count). The summed E-state index contributed by atoms with van der Waals surface area (Å²) in [5.41, 5.74) is 0.704. The summed E-state index contributed by atoms with van der Waals surface area (Å²) in [5, 5.41) is 11.9. The second-order valence-corrected chi connectivity index (χ2v) is 8.96. The molecule has 1 saturated heterocycles. The molecule has 2 aromatic carbocycles. The molecular formula is C27H27NO6. The van der Waals surface area contributed by atoms with Crippen LogP contribution in [0.1, 0.15) is 32.3 Å². The van der Waals surface area contributed by atoms with E-state index >= 15 is 0 Å². The molecule has 1 aliphatic rings. The standard InChI is InChI=1S/C27H27NO6/c1-3-32-23-8-4-7-17-12-20(27(31)34-25(17)23)19-13-24(30)33-26-18(19)9-10-22(29)21(26)15-28-11-5-6-16(2)14-28/h4,7-10,12-13,16,29H,3,5-6,11,14-15H2,1-2H3. The average Bonchev–Trinajstić information content (AvgIpc) is 2.81. The molecule has 0 bridgehead atoms. The third kappa shape index (κ3) is 4.07. The monoisotopic (exact) mass is 461 g/mol. The maximum atomic E-state index is 13.0. The normalized spacial score (nSPS) is 16.8. The van der Waals surface area contributed by atoms with Crippen molar-refractivity contribution >= 4 is 21.9 Å². The fraction of sp³-hybridized carbons (Fsp3) is 0.333. The molecule has 3 heterocycles. The predicted molar refractivity (Wildman–Crippen MR) is 130 cm³/mol. The van der Waals surface area contributed by atoms with Crippen LogP contribution in [0.4, 0.5) is 0 Å². The molecule has 2 aromatic heterocycles. The summed E-state index contributed by atoms with van der Waals surface area (Å²) >= 11 is 0. The van der Waals surface area contributed by atoms with Crippen molar-refractivity contribution in [3.05, 3.63) is 68.9 Å². The van der Waals surface area contributed by atoms with E-state index in [0.717, 1.165) is 19.5 Å². The van der Waals surface area contributed by atoms with Gasteiger partial charge in [0.2, 0.25) is 0 Å². The predicted octanol–water partition coefficient (Wildman–Crippen LogP) is 4.90. The van der Waals surface area contributed by atoms with Crippen molar-refractivity contribution in [2.45, 2.75) is 33.2 Å². The zero-order valence-electron chi connectivity index (χ0n) is 19.3. The van der Waals surface area contributed by atoms with Crippen LogP contribution in [-0.4, -0.2) is 29.7 Å². The number of hydrogen-bond donors (Lipinski definition) is 1. The SMILES string of the molecule is CCOc1cccc2cc(-c3cc(=O)oc4c(CN5CCCC(C)C5)c(O)ccc34)c(=O)oc12. The minimum absolute atomic E-state index is 0.0675. The molecule has 0 saturated carbocycles. The molecule has 1 unspecified atom stereocenters. The molecule has 1 aliphatic heterocycles. The van der Waals surface area contributed by atoms with E-state index in [1.165, 1.54) is 12.5 Å². The molecule has 0 amide bonds. The van der Waals surface area contributed by atoms with Crippen LogP contribution in [0.3, 0.4) is 0 Å². The summed E-state index contributed by atoms with van der Waals surface area (Å²) in [6.45, 7) is 6.80. The summed E-state index contributed by atoms with van der Waals surface area (Å²) in [4.78, 5) is 27.9. The number of rotatable bonds is 5. The molecule has 34 heavy (non-hydrogen) atoms. The fourth-order valence-corrected chi connectivity index (χ4v) is 4.88. The number of para-hydroxylation sites is 1. The molecule has 1 N–H and O–H groups in total. The average molecular weight is 462 g/mol. The lowest BCUT2D eigenvalue weighted by molar-refractivity contribution is 0.175. The molecule has 7 nitrogen and oxygen atoms in total. The fourth-order valence-electron chi connectivity index (χ4n) is 4.88. The van der Waals surface area contributed by atoms with Gasteiger partial charge in [0.15, 0.2) is 11.3 Å². The van der Waals surface area contributed by atoms with E-state index < -0.39 is 11.3 Å². The van der Waals surface area contributed by atoms with E-state index in [9.17, 15) is 14.7 Å². The Morgan fingerprint density at radius 1 is 1.09 bits per heavy atom. The van der Waals surface area contributed by atoms with Crippen LogP contribution in [0, 0.1) is 5.92 Å². The van der Waals surface area contributed by atoms with Crippen molar-refractivity contribution in [3.63, 3.8) is 0 Å². The maximum absolute atomic E-state index is 13.0. The van der Waals surface area contributed by atoms with Gasteiger partial charge in [0.25, 0.3) is 0 Å². The Morgan fingerprint density at radius 3 is 2.74 bits per heavy atom. The second-order valence-electron chi connectivity index (χ2n) is 8.96. The van der Waals surface area contributed by atoms with Gasteiger partial charge in [-0.25, -0.2) is 9.59 Å². The van der Waals surface area contributed by atoms with E-state index in [-0.39, 0.29) is 11.3 Å². The highest BCUT2D eigenvalue weighted by Gasteiger charge is 2.22. The van der Waals surface area contributed by atoms with Gasteiger partial charge in [-0.1, -0.05) is 19.1 Å². The Morgan fingerprint density at radius 2 is 1.94 bits per heavy atom. The highest BCUT2D eigenvalue weighted by molar-refractivity contribution is 5.97. The number of nitrogens with zero attached hydrogens (tertiary/aromatic N) is 1. The molecule has 0 aliphatic carbocycles. The minimum Gasteiger partial charge on any atom is -0.507 e. The van der Waals surface area contributed by atoms with Gasteiger partial charge >= 0.3 is 11.3 Å². The summed E-state index contributed by atoms with van der Waals surface area (Å²) in [7, 11) is 0. The lowest BCUT2D eigenvalue weighted by Crippen LogP contribution is -2.33. The van der Waals surface area contributed by atoms with Crippen molar-refractivity contribution in [2.24, 2.45) is 5.92 Å². The molecule has 176 valence electrons. The van der Waals surface area contributed by atoms with E-state index in [0.29, 0.717) is 57.9 Å². The van der Waals surface area contributed by atoms with E-state index in [2.05, 4.69) is 11.8 Å². The molecular weight excluding hydrogens is 434 g/mol. The van der Waals surface area contributed by atoms with Crippen LogP contribution in [0.2, 0.25) is 0 Å². The Balaban J connectivity index is 1.68. The molecule has 0 spiro atoms. The largest absolute Gasteiger partial charge is 0.507 e. The first-order valence-electron chi connectivity index (χ1n) is 11.7. The van der Waals surface area contributed by atoms with Gasteiger partial charge in [0.05, 0.1) is 17.7 Å². The number of aromatic hydroxyl groups is 1. The van der Waals surface area contributed by atoms with E-state index in [4.69, 9.17) is 13.6 Å². The molecule has 1 fully saturated rings. The second kappa shape index (κ2) is 8.99. The third-order valence-electron chi connectivity index (χ3n) is 6.43. The topological polar surface area (TPSA) is 93.1 Å². The third-order valence-corrected chi connectivity index (χ3v) is 6.43. The van der Waals surface area contributed by atoms with Crippen molar-refractivity contribution in [3.8, 4) is 22.6 Å². The molecule has 0 radical (unpaired) electrons. The highest BCUT2D eigenvalue weighted by atomic mass is 16.5. The van der Waals surface area contributed by atoms with Crippen molar-refractivity contribution in [1.82, 2.24) is 4.90 Å². The van der Waals surface area contributed by atoms with Gasteiger partial charge in [-0.2, -0.15) is 0 Å². The Labute approximate surface area is 196 Å². The number of phenols is 1. The van der Waals surface area contributed by atoms with E-state index in [1.807, 2.05) is 19.1 Å². The van der Waals surface area contributed by atoms with Crippen LogP contribution in [0.25, 0.3) is 33.1 Å². The van der Waals surface area contributed by atoms with Gasteiger partial charge in [-0.3, -0.25) is 4.90 Å². The van der Waals surface area contributed by atoms with E-state index in [1.54, 1.807) is 24.3 Å². The summed E-state index contributed by atoms with van der Waals surface area (Å²) < 4.78 is 16.8. The Kier molecular flexibility index (Phi) is 5.87. The molecule has 7 heteroatoms. The first-order valence-corrected chi connectivity index (χ1v) is 11.7. The number of phenolic OH excluding ortho intramolecular Hbond substituents is 1. The number of ether oxygens (including phenoxy) is 1. The number of likely N-dealkylation sites (tertiary alicyclic amines) is 1. The first kappa shape index (κ1) is 22.2. The summed E-state index contributed by atoms with van der Waals surface area (Å²) in [6.07, 6.45) is 2.27. The van der Waals surface area contributed by atoms with Gasteiger partial charge in [-0.15, -0.1) is 0 Å². The van der Waals surface area contributed by atoms with Gasteiger partial charge in [-0.05, 0) is 56.5 Å². The summed E-state index contributed by atoms with van der Waals surface area (Å²) in [6, 6.07) is 11.7. The Bertz CT molecular complexity index is 1480. The van der Waals surface area contributed by atoms with Gasteiger partial charge in [0, 0.05) is 35.5 Å². The number of piperidine rings is 1. The number of fused-ring (bicyclic) bond motifs is 2. The van der Waals surface area contributed by atoms with Crippen LogP contribution >= 0.6 is 0 Å². The lowest BCUT2D eigenvalue weighted by atomic mass is 9.97. The first-order chi connectivity index (χ1) is 16.4. The van der Waals surface area contributed by atoms with Crippen LogP contribution in [0.5, 0.6) is 11.5 Å². The lowest BCUT2D eigenvalue weighted by Gasteiger charge is -2.31. The summed E-state index contributed by atoms with van der Waals surface area (Å²) in [5.74, 6) is 1.12. The van der Waals surface area contributed by atoms with Crippen molar-refractivity contribution in [1.29, 1.82) is 0 Å². The zero-order valence-corrected chi connectivity index (χ0v) is 19.3. The van der Waals surface area contributed by atoms with Crippen LogP contribution in [-0.2, 0) is 6.54 Å². The van der Waals surface area contributed by atoms with Gasteiger partial charge < -0.3 is 18.7 Å². The van der Waals surface area contributed by atoms with Gasteiger partial charge in [0.1, 0.15) is 11.3 Å². The maximum Gasteiger partial charge on any atom is 0.344 e. The van der Waals surface area contributed by atoms with Crippen LogP contribution in [0.15, 0.2) is 60.9 Å². The van der Waals surface area contributed by atoms with Crippen molar-refractivity contribution in [2.75, 3.05) is 19.7 Å². The van der Waals surface area contributed by atoms with Crippen LogP contribution < -0.4 is 16.0 Å². The number of hydrogen-bond acceptors (Lipinski definition) is 7. The minimum atomic E-state index is -0.594. The smallest absolute Gasteiger partial charge is 0.344 e.